The average molecular weight is 277 g/mol. The summed E-state index contributed by atoms with van der Waals surface area (Å²) < 4.78 is 5.41. The molecular formula is C16H23NOS. The lowest BCUT2D eigenvalue weighted by Crippen LogP contribution is -2.30. The van der Waals surface area contributed by atoms with Gasteiger partial charge in [-0.2, -0.15) is 0 Å². The van der Waals surface area contributed by atoms with Gasteiger partial charge in [-0.1, -0.05) is 13.0 Å². The fourth-order valence-electron chi connectivity index (χ4n) is 2.24. The van der Waals surface area contributed by atoms with Gasteiger partial charge in [-0.15, -0.1) is 11.3 Å². The third-order valence-corrected chi connectivity index (χ3v) is 4.26. The Kier molecular flexibility index (Phi) is 6.18. The molecule has 2 heterocycles. The second-order valence-corrected chi connectivity index (χ2v) is 5.92. The molecule has 1 atom stereocenters. The molecule has 0 amide bonds. The summed E-state index contributed by atoms with van der Waals surface area (Å²) in [5.74, 6) is 1.10. The lowest BCUT2D eigenvalue weighted by Gasteiger charge is -2.17. The number of hydrogen-bond acceptors (Lipinski definition) is 3. The highest BCUT2D eigenvalue weighted by atomic mass is 32.1. The monoisotopic (exact) mass is 277 g/mol. The summed E-state index contributed by atoms with van der Waals surface area (Å²) in [4.78, 5) is 1.49. The van der Waals surface area contributed by atoms with Crippen LogP contribution in [0.3, 0.4) is 0 Å². The van der Waals surface area contributed by atoms with Crippen molar-refractivity contribution in [3.05, 3.63) is 46.5 Å². The van der Waals surface area contributed by atoms with Crippen LogP contribution in [0.1, 0.15) is 36.8 Å². The van der Waals surface area contributed by atoms with E-state index in [4.69, 9.17) is 4.42 Å². The second-order valence-electron chi connectivity index (χ2n) is 4.89. The van der Waals surface area contributed by atoms with Crippen molar-refractivity contribution >= 4 is 11.3 Å². The van der Waals surface area contributed by atoms with Gasteiger partial charge in [0.2, 0.25) is 0 Å². The highest BCUT2D eigenvalue weighted by Crippen LogP contribution is 2.15. The molecule has 2 nitrogen and oxygen atoms in total. The molecule has 3 heteroatoms. The van der Waals surface area contributed by atoms with Crippen molar-refractivity contribution in [2.24, 2.45) is 0 Å². The molecule has 0 radical (unpaired) electrons. The van der Waals surface area contributed by atoms with E-state index >= 15 is 0 Å². The molecule has 2 rings (SSSR count). The Hall–Kier alpha value is -1.06. The third-order valence-electron chi connectivity index (χ3n) is 3.32. The number of hydrogen-bond donors (Lipinski definition) is 1. The molecule has 2 aromatic heterocycles. The lowest BCUT2D eigenvalue weighted by atomic mass is 10.0. The molecule has 0 aliphatic carbocycles. The van der Waals surface area contributed by atoms with Crippen molar-refractivity contribution in [3.8, 4) is 0 Å². The maximum absolute atomic E-state index is 5.41. The van der Waals surface area contributed by atoms with Crippen molar-refractivity contribution < 1.29 is 4.42 Å². The summed E-state index contributed by atoms with van der Waals surface area (Å²) >= 11 is 1.86. The molecule has 0 fully saturated rings. The van der Waals surface area contributed by atoms with E-state index in [0.717, 1.165) is 25.1 Å². The largest absolute Gasteiger partial charge is 0.469 e. The predicted molar refractivity (Wildman–Crippen MR) is 81.8 cm³/mol. The lowest BCUT2D eigenvalue weighted by molar-refractivity contribution is 0.426. The van der Waals surface area contributed by atoms with E-state index in [1.165, 1.54) is 24.1 Å². The van der Waals surface area contributed by atoms with Crippen LogP contribution < -0.4 is 5.32 Å². The first-order chi connectivity index (χ1) is 9.38. The molecule has 0 aromatic carbocycles. The molecule has 1 N–H and O–H groups in total. The molecule has 0 saturated carbocycles. The first-order valence-corrected chi connectivity index (χ1v) is 8.04. The van der Waals surface area contributed by atoms with Crippen molar-refractivity contribution in [3.63, 3.8) is 0 Å². The summed E-state index contributed by atoms with van der Waals surface area (Å²) in [6.07, 6.45) is 7.52. The van der Waals surface area contributed by atoms with E-state index in [-0.39, 0.29) is 0 Å². The molecule has 1 unspecified atom stereocenters. The third kappa shape index (κ3) is 5.21. The SMILES string of the molecule is CCCNC(CCc1ccco1)CCc1cccs1. The van der Waals surface area contributed by atoms with Crippen molar-refractivity contribution in [1.29, 1.82) is 0 Å². The summed E-state index contributed by atoms with van der Waals surface area (Å²) in [7, 11) is 0. The van der Waals surface area contributed by atoms with Gasteiger partial charge in [-0.3, -0.25) is 0 Å². The topological polar surface area (TPSA) is 25.2 Å². The zero-order chi connectivity index (χ0) is 13.3. The van der Waals surface area contributed by atoms with Gasteiger partial charge >= 0.3 is 0 Å². The minimum atomic E-state index is 0.590. The normalized spacial score (nSPS) is 12.7. The Morgan fingerprint density at radius 1 is 1.21 bits per heavy atom. The van der Waals surface area contributed by atoms with Gasteiger partial charge in [0.1, 0.15) is 5.76 Å². The highest BCUT2D eigenvalue weighted by molar-refractivity contribution is 7.09. The van der Waals surface area contributed by atoms with Gasteiger partial charge in [0.15, 0.2) is 0 Å². The van der Waals surface area contributed by atoms with Crippen LogP contribution in [0.5, 0.6) is 0 Å². The van der Waals surface area contributed by atoms with Crippen molar-refractivity contribution in [1.82, 2.24) is 5.32 Å². The minimum absolute atomic E-state index is 0.590. The quantitative estimate of drug-likeness (QED) is 0.740. The molecule has 0 bridgehead atoms. The Morgan fingerprint density at radius 3 is 2.79 bits per heavy atom. The van der Waals surface area contributed by atoms with Gasteiger partial charge in [0.05, 0.1) is 6.26 Å². The highest BCUT2D eigenvalue weighted by Gasteiger charge is 2.09. The molecule has 0 saturated heterocycles. The van der Waals surface area contributed by atoms with Gasteiger partial charge < -0.3 is 9.73 Å². The number of furan rings is 1. The minimum Gasteiger partial charge on any atom is -0.469 e. The van der Waals surface area contributed by atoms with Gasteiger partial charge in [-0.05, 0) is 55.8 Å². The standard InChI is InChI=1S/C16H23NOS/c1-2-11-17-14(7-9-15-5-3-12-18-15)8-10-16-6-4-13-19-16/h3-6,12-14,17H,2,7-11H2,1H3. The maximum Gasteiger partial charge on any atom is 0.103 e. The molecule has 0 aliphatic rings. The summed E-state index contributed by atoms with van der Waals surface area (Å²) in [6.45, 7) is 3.32. The summed E-state index contributed by atoms with van der Waals surface area (Å²) in [6, 6.07) is 8.99. The zero-order valence-electron chi connectivity index (χ0n) is 11.6. The van der Waals surface area contributed by atoms with E-state index in [1.54, 1.807) is 6.26 Å². The van der Waals surface area contributed by atoms with E-state index < -0.39 is 0 Å². The molecular weight excluding hydrogens is 254 g/mol. The Bertz CT molecular complexity index is 383. The van der Waals surface area contributed by atoms with Crippen molar-refractivity contribution in [2.45, 2.75) is 45.1 Å². The van der Waals surface area contributed by atoms with Crippen LogP contribution in [-0.4, -0.2) is 12.6 Å². The van der Waals surface area contributed by atoms with Gasteiger partial charge in [0.25, 0.3) is 0 Å². The van der Waals surface area contributed by atoms with E-state index in [1.807, 2.05) is 17.4 Å². The number of rotatable bonds is 9. The Labute approximate surface area is 119 Å². The van der Waals surface area contributed by atoms with Crippen LogP contribution in [0.15, 0.2) is 40.3 Å². The number of thiophene rings is 1. The van der Waals surface area contributed by atoms with Crippen LogP contribution >= 0.6 is 11.3 Å². The van der Waals surface area contributed by atoms with E-state index in [0.29, 0.717) is 6.04 Å². The van der Waals surface area contributed by atoms with Crippen LogP contribution in [0.2, 0.25) is 0 Å². The van der Waals surface area contributed by atoms with Gasteiger partial charge in [-0.25, -0.2) is 0 Å². The summed E-state index contributed by atoms with van der Waals surface area (Å²) in [5, 5.41) is 5.82. The Balaban J connectivity index is 1.77. The van der Waals surface area contributed by atoms with Gasteiger partial charge in [0, 0.05) is 17.3 Å². The molecule has 19 heavy (non-hydrogen) atoms. The van der Waals surface area contributed by atoms with E-state index in [2.05, 4.69) is 35.8 Å². The number of aryl methyl sites for hydroxylation is 2. The number of nitrogens with one attached hydrogen (secondary N) is 1. The molecule has 0 spiro atoms. The summed E-state index contributed by atoms with van der Waals surface area (Å²) in [5.41, 5.74) is 0. The van der Waals surface area contributed by atoms with Crippen LogP contribution in [-0.2, 0) is 12.8 Å². The first-order valence-electron chi connectivity index (χ1n) is 7.16. The molecule has 104 valence electrons. The molecule has 0 aliphatic heterocycles. The van der Waals surface area contributed by atoms with Crippen LogP contribution in [0, 0.1) is 0 Å². The predicted octanol–water partition coefficient (Wildman–Crippen LogP) is 4.27. The van der Waals surface area contributed by atoms with E-state index in [9.17, 15) is 0 Å². The first kappa shape index (κ1) is 14.4. The smallest absolute Gasteiger partial charge is 0.103 e. The zero-order valence-corrected chi connectivity index (χ0v) is 12.4. The van der Waals surface area contributed by atoms with Crippen molar-refractivity contribution in [2.75, 3.05) is 6.54 Å². The average Bonchev–Trinajstić information content (AvgIpc) is 3.11. The fraction of sp³-hybridized carbons (Fsp3) is 0.500. The second kappa shape index (κ2) is 8.18. The maximum atomic E-state index is 5.41. The molecule has 2 aromatic rings. The van der Waals surface area contributed by atoms with Crippen LogP contribution in [0.4, 0.5) is 0 Å². The van der Waals surface area contributed by atoms with Crippen LogP contribution in [0.25, 0.3) is 0 Å². The Morgan fingerprint density at radius 2 is 2.11 bits per heavy atom. The fourth-order valence-corrected chi connectivity index (χ4v) is 2.96.